The van der Waals surface area contributed by atoms with Crippen LogP contribution in [0, 0.1) is 0 Å². The highest BCUT2D eigenvalue weighted by molar-refractivity contribution is 5.76. The van der Waals surface area contributed by atoms with E-state index in [0.29, 0.717) is 25.9 Å². The van der Waals surface area contributed by atoms with E-state index in [1.165, 1.54) is 0 Å². The second kappa shape index (κ2) is 7.79. The maximum absolute atomic E-state index is 11.9. The van der Waals surface area contributed by atoms with E-state index in [1.807, 2.05) is 19.1 Å². The van der Waals surface area contributed by atoms with E-state index in [-0.39, 0.29) is 12.5 Å². The van der Waals surface area contributed by atoms with Gasteiger partial charge in [-0.05, 0) is 37.5 Å². The molecule has 0 aliphatic carbocycles. The van der Waals surface area contributed by atoms with Gasteiger partial charge in [-0.2, -0.15) is 0 Å². The summed E-state index contributed by atoms with van der Waals surface area (Å²) in [6.45, 7) is 3.44. The molecule has 94 valence electrons. The first-order valence-electron chi connectivity index (χ1n) is 6.05. The van der Waals surface area contributed by atoms with Gasteiger partial charge in [0, 0.05) is 38.5 Å². The van der Waals surface area contributed by atoms with Gasteiger partial charge in [-0.3, -0.25) is 9.78 Å². The number of aromatic nitrogens is 1. The number of aryl methyl sites for hydroxylation is 1. The molecular formula is C13H20N2O2. The average Bonchev–Trinajstić information content (AvgIpc) is 2.38. The number of rotatable bonds is 7. The Hall–Kier alpha value is -1.42. The molecule has 0 saturated carbocycles. The van der Waals surface area contributed by atoms with Gasteiger partial charge in [0.15, 0.2) is 0 Å². The van der Waals surface area contributed by atoms with Crippen LogP contribution in [0.4, 0.5) is 0 Å². The minimum absolute atomic E-state index is 0.133. The molecule has 0 spiro atoms. The Morgan fingerprint density at radius 1 is 1.41 bits per heavy atom. The van der Waals surface area contributed by atoms with Crippen molar-refractivity contribution in [3.8, 4) is 0 Å². The molecule has 1 heterocycles. The second-order valence-corrected chi connectivity index (χ2v) is 3.91. The molecule has 1 N–H and O–H groups in total. The largest absolute Gasteiger partial charge is 0.396 e. The lowest BCUT2D eigenvalue weighted by Crippen LogP contribution is -2.32. The van der Waals surface area contributed by atoms with Crippen molar-refractivity contribution >= 4 is 5.91 Å². The van der Waals surface area contributed by atoms with Crippen molar-refractivity contribution in [3.05, 3.63) is 30.1 Å². The third-order valence-electron chi connectivity index (χ3n) is 2.70. The molecule has 1 aromatic rings. The zero-order chi connectivity index (χ0) is 12.5. The molecule has 0 radical (unpaired) electrons. The summed E-state index contributed by atoms with van der Waals surface area (Å²) in [5, 5.41) is 8.76. The molecule has 0 unspecified atom stereocenters. The van der Waals surface area contributed by atoms with Crippen molar-refractivity contribution in [2.24, 2.45) is 0 Å². The van der Waals surface area contributed by atoms with Gasteiger partial charge in [0.05, 0.1) is 0 Å². The van der Waals surface area contributed by atoms with E-state index < -0.39 is 0 Å². The normalized spacial score (nSPS) is 10.2. The highest BCUT2D eigenvalue weighted by atomic mass is 16.3. The first-order chi connectivity index (χ1) is 8.27. The van der Waals surface area contributed by atoms with E-state index >= 15 is 0 Å². The predicted octanol–water partition coefficient (Wildman–Crippen LogP) is 1.25. The summed E-state index contributed by atoms with van der Waals surface area (Å²) in [6, 6.07) is 3.86. The second-order valence-electron chi connectivity index (χ2n) is 3.91. The Balaban J connectivity index is 2.37. The predicted molar refractivity (Wildman–Crippen MR) is 66.5 cm³/mol. The van der Waals surface area contributed by atoms with Crippen LogP contribution in [0.1, 0.15) is 25.3 Å². The number of carbonyl (C=O) groups is 1. The smallest absolute Gasteiger partial charge is 0.222 e. The average molecular weight is 236 g/mol. The lowest BCUT2D eigenvalue weighted by molar-refractivity contribution is -0.131. The van der Waals surface area contributed by atoms with E-state index in [9.17, 15) is 4.79 Å². The first kappa shape index (κ1) is 13.6. The fourth-order valence-electron chi connectivity index (χ4n) is 1.68. The molecule has 0 bridgehead atoms. The highest BCUT2D eigenvalue weighted by Crippen LogP contribution is 2.04. The Labute approximate surface area is 102 Å². The maximum atomic E-state index is 11.9. The molecule has 4 heteroatoms. The fourth-order valence-corrected chi connectivity index (χ4v) is 1.68. The van der Waals surface area contributed by atoms with E-state index in [1.54, 1.807) is 17.3 Å². The Morgan fingerprint density at radius 3 is 2.71 bits per heavy atom. The first-order valence-corrected chi connectivity index (χ1v) is 6.05. The van der Waals surface area contributed by atoms with Crippen LogP contribution < -0.4 is 0 Å². The van der Waals surface area contributed by atoms with Crippen molar-refractivity contribution in [1.29, 1.82) is 0 Å². The number of amides is 1. The van der Waals surface area contributed by atoms with Crippen molar-refractivity contribution in [2.45, 2.75) is 26.2 Å². The molecule has 0 aromatic carbocycles. The van der Waals surface area contributed by atoms with Crippen LogP contribution in [-0.4, -0.2) is 40.6 Å². The molecule has 0 atom stereocenters. The number of hydrogen-bond donors (Lipinski definition) is 1. The van der Waals surface area contributed by atoms with Crippen LogP contribution in [0.3, 0.4) is 0 Å². The van der Waals surface area contributed by atoms with Gasteiger partial charge in [0.1, 0.15) is 0 Å². The van der Waals surface area contributed by atoms with Gasteiger partial charge in [-0.25, -0.2) is 0 Å². The summed E-state index contributed by atoms with van der Waals surface area (Å²) in [6.07, 6.45) is 5.39. The summed E-state index contributed by atoms with van der Waals surface area (Å²) in [7, 11) is 0. The van der Waals surface area contributed by atoms with E-state index in [4.69, 9.17) is 5.11 Å². The van der Waals surface area contributed by atoms with Gasteiger partial charge in [-0.1, -0.05) is 0 Å². The molecule has 0 aliphatic heterocycles. The zero-order valence-electron chi connectivity index (χ0n) is 10.3. The monoisotopic (exact) mass is 236 g/mol. The van der Waals surface area contributed by atoms with Gasteiger partial charge in [0.25, 0.3) is 0 Å². The van der Waals surface area contributed by atoms with Crippen molar-refractivity contribution in [3.63, 3.8) is 0 Å². The number of hydrogen-bond acceptors (Lipinski definition) is 3. The molecule has 1 aromatic heterocycles. The standard InChI is InChI=1S/C13H20N2O2/c1-2-15(10-3-11-16)13(17)5-4-12-6-8-14-9-7-12/h6-9,16H,2-5,10-11H2,1H3. The van der Waals surface area contributed by atoms with Crippen LogP contribution in [0.15, 0.2) is 24.5 Å². The van der Waals surface area contributed by atoms with Crippen LogP contribution in [0.5, 0.6) is 0 Å². The van der Waals surface area contributed by atoms with E-state index in [2.05, 4.69) is 4.98 Å². The number of pyridine rings is 1. The SMILES string of the molecule is CCN(CCCO)C(=O)CCc1ccncc1. The molecule has 0 aliphatic rings. The molecular weight excluding hydrogens is 216 g/mol. The third-order valence-corrected chi connectivity index (χ3v) is 2.70. The van der Waals surface area contributed by atoms with Gasteiger partial charge < -0.3 is 10.0 Å². The zero-order valence-corrected chi connectivity index (χ0v) is 10.3. The minimum Gasteiger partial charge on any atom is -0.396 e. The molecule has 4 nitrogen and oxygen atoms in total. The molecule has 0 saturated heterocycles. The van der Waals surface area contributed by atoms with Crippen LogP contribution in [0.2, 0.25) is 0 Å². The summed E-state index contributed by atoms with van der Waals surface area (Å²) >= 11 is 0. The Morgan fingerprint density at radius 2 is 2.12 bits per heavy atom. The summed E-state index contributed by atoms with van der Waals surface area (Å²) in [5.74, 6) is 0.151. The van der Waals surface area contributed by atoms with E-state index in [0.717, 1.165) is 12.0 Å². The lowest BCUT2D eigenvalue weighted by atomic mass is 10.1. The Kier molecular flexibility index (Phi) is 6.25. The molecule has 17 heavy (non-hydrogen) atoms. The quantitative estimate of drug-likeness (QED) is 0.775. The number of carbonyl (C=O) groups excluding carboxylic acids is 1. The fraction of sp³-hybridized carbons (Fsp3) is 0.538. The van der Waals surface area contributed by atoms with Gasteiger partial charge >= 0.3 is 0 Å². The maximum Gasteiger partial charge on any atom is 0.222 e. The highest BCUT2D eigenvalue weighted by Gasteiger charge is 2.10. The Bertz CT molecular complexity index is 327. The number of aliphatic hydroxyl groups excluding tert-OH is 1. The summed E-state index contributed by atoms with van der Waals surface area (Å²) in [4.78, 5) is 17.6. The van der Waals surface area contributed by atoms with Crippen molar-refractivity contribution < 1.29 is 9.90 Å². The summed E-state index contributed by atoms with van der Waals surface area (Å²) < 4.78 is 0. The van der Waals surface area contributed by atoms with Gasteiger partial charge in [0.2, 0.25) is 5.91 Å². The lowest BCUT2D eigenvalue weighted by Gasteiger charge is -2.20. The number of nitrogens with zero attached hydrogens (tertiary/aromatic N) is 2. The van der Waals surface area contributed by atoms with Crippen LogP contribution in [0.25, 0.3) is 0 Å². The topological polar surface area (TPSA) is 53.4 Å². The van der Waals surface area contributed by atoms with Gasteiger partial charge in [-0.15, -0.1) is 0 Å². The molecule has 1 rings (SSSR count). The van der Waals surface area contributed by atoms with Crippen molar-refractivity contribution in [1.82, 2.24) is 9.88 Å². The molecule has 0 fully saturated rings. The third kappa shape index (κ3) is 4.95. The van der Waals surface area contributed by atoms with Crippen LogP contribution >= 0.6 is 0 Å². The summed E-state index contributed by atoms with van der Waals surface area (Å²) in [5.41, 5.74) is 1.13. The van der Waals surface area contributed by atoms with Crippen molar-refractivity contribution in [2.75, 3.05) is 19.7 Å². The number of aliphatic hydroxyl groups is 1. The van der Waals surface area contributed by atoms with Crippen LogP contribution in [-0.2, 0) is 11.2 Å². The minimum atomic E-state index is 0.133. The molecule has 1 amide bonds.